The van der Waals surface area contributed by atoms with E-state index < -0.39 is 0 Å². The Bertz CT molecular complexity index is 408. The predicted octanol–water partition coefficient (Wildman–Crippen LogP) is 1.16. The summed E-state index contributed by atoms with van der Waals surface area (Å²) in [6, 6.07) is 3.11. The summed E-state index contributed by atoms with van der Waals surface area (Å²) in [4.78, 5) is 11.6. The predicted molar refractivity (Wildman–Crippen MR) is 60.9 cm³/mol. The monoisotopic (exact) mass is 210 g/mol. The van der Waals surface area contributed by atoms with Crippen molar-refractivity contribution in [2.24, 2.45) is 0 Å². The average molecular weight is 210 g/mol. The van der Waals surface area contributed by atoms with Crippen molar-refractivity contribution in [1.82, 2.24) is 4.57 Å². The van der Waals surface area contributed by atoms with Crippen molar-refractivity contribution in [2.45, 2.75) is 32.9 Å². The van der Waals surface area contributed by atoms with Gasteiger partial charge in [0.15, 0.2) is 0 Å². The van der Waals surface area contributed by atoms with E-state index in [1.165, 1.54) is 6.07 Å². The van der Waals surface area contributed by atoms with E-state index in [2.05, 4.69) is 0 Å². The van der Waals surface area contributed by atoms with Gasteiger partial charge < -0.3 is 15.0 Å². The molecular formula is C11H18N2O2. The van der Waals surface area contributed by atoms with Gasteiger partial charge in [0.1, 0.15) is 0 Å². The molecule has 0 fully saturated rings. The molecule has 15 heavy (non-hydrogen) atoms. The summed E-state index contributed by atoms with van der Waals surface area (Å²) in [5.41, 5.74) is 6.74. The van der Waals surface area contributed by atoms with Gasteiger partial charge in [-0.3, -0.25) is 4.79 Å². The number of aromatic nitrogens is 1. The molecule has 0 amide bonds. The maximum absolute atomic E-state index is 11.6. The molecule has 1 rings (SSSR count). The molecule has 0 atom stereocenters. The zero-order chi connectivity index (χ0) is 11.6. The first-order chi connectivity index (χ1) is 6.87. The Hall–Kier alpha value is -1.29. The Morgan fingerprint density at radius 3 is 2.60 bits per heavy atom. The highest BCUT2D eigenvalue weighted by Gasteiger charge is 2.19. The molecule has 0 saturated heterocycles. The fraction of sp³-hybridized carbons (Fsp3) is 0.545. The summed E-state index contributed by atoms with van der Waals surface area (Å²) < 4.78 is 6.93. The van der Waals surface area contributed by atoms with Gasteiger partial charge in [0.2, 0.25) is 0 Å². The van der Waals surface area contributed by atoms with Crippen molar-refractivity contribution in [3.05, 3.63) is 28.2 Å². The van der Waals surface area contributed by atoms with E-state index in [1.54, 1.807) is 17.7 Å². The van der Waals surface area contributed by atoms with Gasteiger partial charge in [-0.25, -0.2) is 0 Å². The van der Waals surface area contributed by atoms with E-state index in [0.29, 0.717) is 12.2 Å². The van der Waals surface area contributed by atoms with Gasteiger partial charge in [0.05, 0.1) is 17.8 Å². The second-order valence-corrected chi connectivity index (χ2v) is 4.26. The molecule has 0 spiro atoms. The van der Waals surface area contributed by atoms with Gasteiger partial charge in [0.25, 0.3) is 5.56 Å². The van der Waals surface area contributed by atoms with Crippen LogP contribution >= 0.6 is 0 Å². The molecule has 0 radical (unpaired) electrons. The van der Waals surface area contributed by atoms with Crippen molar-refractivity contribution < 1.29 is 4.74 Å². The first-order valence-corrected chi connectivity index (χ1v) is 4.88. The fourth-order valence-corrected chi connectivity index (χ4v) is 1.33. The van der Waals surface area contributed by atoms with Crippen molar-refractivity contribution in [3.63, 3.8) is 0 Å². The standard InChI is InChI=1S/C11H18N2O2/c1-8-9(12)5-6-10(14)13(8)7-11(2,3)15-4/h5-6H,7,12H2,1-4H3. The molecule has 0 aromatic carbocycles. The van der Waals surface area contributed by atoms with Crippen molar-refractivity contribution in [2.75, 3.05) is 12.8 Å². The molecule has 1 aromatic heterocycles. The third-order valence-electron chi connectivity index (χ3n) is 2.59. The van der Waals surface area contributed by atoms with E-state index in [-0.39, 0.29) is 11.2 Å². The van der Waals surface area contributed by atoms with Gasteiger partial charge >= 0.3 is 0 Å². The van der Waals surface area contributed by atoms with Crippen LogP contribution in [0.3, 0.4) is 0 Å². The minimum atomic E-state index is -0.373. The van der Waals surface area contributed by atoms with Crippen molar-refractivity contribution in [1.29, 1.82) is 0 Å². The zero-order valence-corrected chi connectivity index (χ0v) is 9.70. The highest BCUT2D eigenvalue weighted by molar-refractivity contribution is 5.41. The molecule has 4 nitrogen and oxygen atoms in total. The van der Waals surface area contributed by atoms with Crippen LogP contribution in [0.25, 0.3) is 0 Å². The second-order valence-electron chi connectivity index (χ2n) is 4.26. The summed E-state index contributed by atoms with van der Waals surface area (Å²) in [5, 5.41) is 0. The largest absolute Gasteiger partial charge is 0.397 e. The number of hydrogen-bond acceptors (Lipinski definition) is 3. The van der Waals surface area contributed by atoms with Crippen LogP contribution in [-0.2, 0) is 11.3 Å². The molecule has 0 saturated carbocycles. The molecule has 4 heteroatoms. The number of ether oxygens (including phenoxy) is 1. The van der Waals surface area contributed by atoms with E-state index in [4.69, 9.17) is 10.5 Å². The Morgan fingerprint density at radius 2 is 2.07 bits per heavy atom. The van der Waals surface area contributed by atoms with Crippen LogP contribution in [0, 0.1) is 6.92 Å². The minimum Gasteiger partial charge on any atom is -0.397 e. The number of nitrogen functional groups attached to an aromatic ring is 1. The Kier molecular flexibility index (Phi) is 3.19. The summed E-state index contributed by atoms with van der Waals surface area (Å²) in [5.74, 6) is 0. The Morgan fingerprint density at radius 1 is 1.47 bits per heavy atom. The molecular weight excluding hydrogens is 192 g/mol. The molecule has 0 aliphatic rings. The molecule has 2 N–H and O–H groups in total. The minimum absolute atomic E-state index is 0.0492. The van der Waals surface area contributed by atoms with Crippen molar-refractivity contribution in [3.8, 4) is 0 Å². The highest BCUT2D eigenvalue weighted by Crippen LogP contribution is 2.13. The SMILES string of the molecule is COC(C)(C)Cn1c(C)c(N)ccc1=O. The lowest BCUT2D eigenvalue weighted by atomic mass is 10.1. The lowest BCUT2D eigenvalue weighted by Gasteiger charge is -2.25. The summed E-state index contributed by atoms with van der Waals surface area (Å²) in [6.07, 6.45) is 0. The normalized spacial score (nSPS) is 11.7. The van der Waals surface area contributed by atoms with Crippen LogP contribution in [0.1, 0.15) is 19.5 Å². The van der Waals surface area contributed by atoms with Gasteiger partial charge in [0, 0.05) is 18.9 Å². The van der Waals surface area contributed by atoms with E-state index in [0.717, 1.165) is 5.69 Å². The number of nitrogens with two attached hydrogens (primary N) is 1. The van der Waals surface area contributed by atoms with E-state index in [1.807, 2.05) is 20.8 Å². The summed E-state index contributed by atoms with van der Waals surface area (Å²) in [7, 11) is 1.63. The van der Waals surface area contributed by atoms with Crippen LogP contribution in [0.2, 0.25) is 0 Å². The maximum atomic E-state index is 11.6. The molecule has 0 aliphatic heterocycles. The van der Waals surface area contributed by atoms with Gasteiger partial charge in [-0.15, -0.1) is 0 Å². The number of hydrogen-bond donors (Lipinski definition) is 1. The lowest BCUT2D eigenvalue weighted by Crippen LogP contribution is -2.35. The first kappa shape index (κ1) is 11.8. The number of pyridine rings is 1. The third kappa shape index (κ3) is 2.59. The van der Waals surface area contributed by atoms with Crippen LogP contribution < -0.4 is 11.3 Å². The Labute approximate surface area is 89.7 Å². The van der Waals surface area contributed by atoms with Gasteiger partial charge in [-0.1, -0.05) is 0 Å². The van der Waals surface area contributed by atoms with Gasteiger partial charge in [-0.05, 0) is 26.8 Å². The quantitative estimate of drug-likeness (QED) is 0.814. The molecule has 0 aliphatic carbocycles. The average Bonchev–Trinajstić information content (AvgIpc) is 2.19. The third-order valence-corrected chi connectivity index (χ3v) is 2.59. The van der Waals surface area contributed by atoms with E-state index in [9.17, 15) is 4.79 Å². The molecule has 0 unspecified atom stereocenters. The molecule has 1 aromatic rings. The first-order valence-electron chi connectivity index (χ1n) is 4.88. The van der Waals surface area contributed by atoms with Crippen molar-refractivity contribution >= 4 is 5.69 Å². The fourth-order valence-electron chi connectivity index (χ4n) is 1.33. The molecule has 1 heterocycles. The number of nitrogens with zero attached hydrogens (tertiary/aromatic N) is 1. The lowest BCUT2D eigenvalue weighted by molar-refractivity contribution is 0.00699. The second kappa shape index (κ2) is 4.06. The summed E-state index contributed by atoms with van der Waals surface area (Å²) in [6.45, 7) is 6.20. The smallest absolute Gasteiger partial charge is 0.250 e. The Balaban J connectivity index is 3.15. The van der Waals surface area contributed by atoms with Crippen LogP contribution in [-0.4, -0.2) is 17.3 Å². The van der Waals surface area contributed by atoms with Crippen LogP contribution in [0.5, 0.6) is 0 Å². The number of anilines is 1. The van der Waals surface area contributed by atoms with E-state index >= 15 is 0 Å². The number of rotatable bonds is 3. The zero-order valence-electron chi connectivity index (χ0n) is 9.70. The number of methoxy groups -OCH3 is 1. The topological polar surface area (TPSA) is 57.2 Å². The van der Waals surface area contributed by atoms with Crippen LogP contribution in [0.4, 0.5) is 5.69 Å². The van der Waals surface area contributed by atoms with Gasteiger partial charge in [-0.2, -0.15) is 0 Å². The highest BCUT2D eigenvalue weighted by atomic mass is 16.5. The molecule has 84 valence electrons. The summed E-state index contributed by atoms with van der Waals surface area (Å²) >= 11 is 0. The maximum Gasteiger partial charge on any atom is 0.250 e. The molecule has 0 bridgehead atoms. The van der Waals surface area contributed by atoms with Crippen LogP contribution in [0.15, 0.2) is 16.9 Å².